The molecule has 220 valence electrons. The van der Waals surface area contributed by atoms with Gasteiger partial charge in [-0.2, -0.15) is 5.26 Å². The van der Waals surface area contributed by atoms with Gasteiger partial charge in [-0.3, -0.25) is 19.0 Å². The molecular formula is C31H33ClN4O5S. The Kier molecular flexibility index (Phi) is 11.0. The Hall–Kier alpha value is -3.91. The zero-order valence-corrected chi connectivity index (χ0v) is 24.9. The summed E-state index contributed by atoms with van der Waals surface area (Å²) in [6.45, 7) is 4.25. The highest BCUT2D eigenvalue weighted by atomic mass is 35.5. The molecule has 0 radical (unpaired) electrons. The first-order valence-electron chi connectivity index (χ1n) is 13.7. The van der Waals surface area contributed by atoms with Gasteiger partial charge in [-0.1, -0.05) is 35.9 Å². The summed E-state index contributed by atoms with van der Waals surface area (Å²) >= 11 is 6.59. The van der Waals surface area contributed by atoms with Crippen LogP contribution in [0.15, 0.2) is 73.1 Å². The second kappa shape index (κ2) is 14.8. The molecule has 1 aliphatic heterocycles. The number of likely N-dealkylation sites (tertiary alicyclic amines) is 1. The topological polar surface area (TPSA) is 113 Å². The Labute approximate surface area is 252 Å². The lowest BCUT2D eigenvalue weighted by Gasteiger charge is -2.32. The first-order chi connectivity index (χ1) is 20.3. The smallest absolute Gasteiger partial charge is 0.323 e. The Morgan fingerprint density at radius 2 is 1.93 bits per heavy atom. The van der Waals surface area contributed by atoms with Crippen LogP contribution in [-0.2, 0) is 26.1 Å². The Balaban J connectivity index is 1.46. The van der Waals surface area contributed by atoms with Crippen LogP contribution in [-0.4, -0.2) is 62.4 Å². The van der Waals surface area contributed by atoms with Gasteiger partial charge in [-0.15, -0.1) is 0 Å². The van der Waals surface area contributed by atoms with E-state index >= 15 is 0 Å². The fourth-order valence-corrected chi connectivity index (χ4v) is 6.16. The molecule has 3 aromatic rings. The monoisotopic (exact) mass is 608 g/mol. The van der Waals surface area contributed by atoms with E-state index in [1.54, 1.807) is 67.9 Å². The number of sulfonamides is 1. The number of benzene rings is 2. The summed E-state index contributed by atoms with van der Waals surface area (Å²) in [4.78, 5) is 18.5. The molecule has 0 atom stereocenters. The van der Waals surface area contributed by atoms with Gasteiger partial charge in [0.2, 0.25) is 10.0 Å². The van der Waals surface area contributed by atoms with Gasteiger partial charge in [0.25, 0.3) is 0 Å². The van der Waals surface area contributed by atoms with Crippen LogP contribution >= 0.6 is 11.6 Å². The number of pyridine rings is 1. The van der Waals surface area contributed by atoms with Crippen molar-refractivity contribution in [3.05, 3.63) is 94.8 Å². The third kappa shape index (κ3) is 8.79. The summed E-state index contributed by atoms with van der Waals surface area (Å²) in [6.07, 6.45) is 8.61. The van der Waals surface area contributed by atoms with Gasteiger partial charge >= 0.3 is 5.97 Å². The molecule has 1 saturated heterocycles. The van der Waals surface area contributed by atoms with Gasteiger partial charge < -0.3 is 9.47 Å². The highest BCUT2D eigenvalue weighted by Crippen LogP contribution is 2.33. The number of halogens is 1. The van der Waals surface area contributed by atoms with Gasteiger partial charge in [0, 0.05) is 32.0 Å². The van der Waals surface area contributed by atoms with Crippen LogP contribution in [0.5, 0.6) is 5.75 Å². The molecule has 1 aliphatic rings. The molecule has 2 aromatic carbocycles. The lowest BCUT2D eigenvalue weighted by Crippen LogP contribution is -2.38. The molecule has 42 heavy (non-hydrogen) atoms. The molecule has 0 bridgehead atoms. The zero-order valence-electron chi connectivity index (χ0n) is 23.4. The summed E-state index contributed by atoms with van der Waals surface area (Å²) in [6, 6.07) is 17.9. The van der Waals surface area contributed by atoms with E-state index in [1.165, 1.54) is 11.6 Å². The molecule has 0 unspecified atom stereocenters. The van der Waals surface area contributed by atoms with Crippen molar-refractivity contribution in [2.24, 2.45) is 0 Å². The second-order valence-electron chi connectivity index (χ2n) is 9.80. The fraction of sp³-hybridized carbons (Fsp3) is 0.323. The molecular weight excluding hydrogens is 576 g/mol. The minimum atomic E-state index is -4.11. The van der Waals surface area contributed by atoms with Crippen molar-refractivity contribution in [1.82, 2.24) is 9.88 Å². The van der Waals surface area contributed by atoms with Gasteiger partial charge in [0.1, 0.15) is 11.9 Å². The zero-order chi connectivity index (χ0) is 30.0. The summed E-state index contributed by atoms with van der Waals surface area (Å²) < 4.78 is 38.8. The van der Waals surface area contributed by atoms with E-state index in [4.69, 9.17) is 26.3 Å². The fourth-order valence-electron chi connectivity index (χ4n) is 4.66. The van der Waals surface area contributed by atoms with Crippen molar-refractivity contribution in [2.45, 2.75) is 32.4 Å². The van der Waals surface area contributed by atoms with Crippen LogP contribution in [0.1, 0.15) is 36.5 Å². The number of carbonyl (C=O) groups is 1. The standard InChI is InChI=1S/C31H33ClN4O5S/c1-2-40-31(37)23-42(38,39)36(16-4-7-24-5-3-6-26(19-24)21-33)27-8-9-30(29(32)20-27)41-28-12-17-35(18-13-28)22-25-10-14-34-15-11-25/h3-11,14-15,19-20,28H,2,12-13,16-18,22-23H2,1H3. The maximum absolute atomic E-state index is 13.3. The van der Waals surface area contributed by atoms with Gasteiger partial charge in [-0.25, -0.2) is 8.42 Å². The van der Waals surface area contributed by atoms with E-state index in [1.807, 2.05) is 12.1 Å². The predicted molar refractivity (Wildman–Crippen MR) is 163 cm³/mol. The number of hydrogen-bond acceptors (Lipinski definition) is 8. The van der Waals surface area contributed by atoms with Crippen molar-refractivity contribution in [3.8, 4) is 11.8 Å². The van der Waals surface area contributed by atoms with Crippen molar-refractivity contribution < 1.29 is 22.7 Å². The highest BCUT2D eigenvalue weighted by Gasteiger charge is 2.27. The maximum Gasteiger partial charge on any atom is 0.323 e. The van der Waals surface area contributed by atoms with Crippen molar-refractivity contribution in [1.29, 1.82) is 5.26 Å². The largest absolute Gasteiger partial charge is 0.489 e. The quantitative estimate of drug-likeness (QED) is 0.262. The Morgan fingerprint density at radius 1 is 1.17 bits per heavy atom. The molecule has 1 fully saturated rings. The first kappa shape index (κ1) is 31.0. The minimum Gasteiger partial charge on any atom is -0.489 e. The minimum absolute atomic E-state index is 0.0159. The maximum atomic E-state index is 13.3. The number of nitrogens with zero attached hydrogens (tertiary/aromatic N) is 4. The number of nitriles is 1. The van der Waals surface area contributed by atoms with E-state index in [0.717, 1.165) is 42.3 Å². The molecule has 9 nitrogen and oxygen atoms in total. The number of rotatable bonds is 12. The lowest BCUT2D eigenvalue weighted by molar-refractivity contribution is -0.139. The van der Waals surface area contributed by atoms with Gasteiger partial charge in [0.05, 0.1) is 35.5 Å². The van der Waals surface area contributed by atoms with Crippen LogP contribution < -0.4 is 9.04 Å². The van der Waals surface area contributed by atoms with E-state index < -0.39 is 21.7 Å². The summed E-state index contributed by atoms with van der Waals surface area (Å²) in [5.41, 5.74) is 2.74. The van der Waals surface area contributed by atoms with Crippen molar-refractivity contribution in [2.75, 3.05) is 36.3 Å². The van der Waals surface area contributed by atoms with Crippen LogP contribution in [0, 0.1) is 11.3 Å². The number of hydrogen-bond donors (Lipinski definition) is 0. The van der Waals surface area contributed by atoms with Gasteiger partial charge in [-0.05, 0) is 73.4 Å². The number of anilines is 1. The van der Waals surface area contributed by atoms with Crippen LogP contribution in [0.3, 0.4) is 0 Å². The van der Waals surface area contributed by atoms with Crippen LogP contribution in [0.25, 0.3) is 6.08 Å². The average Bonchev–Trinajstić information content (AvgIpc) is 2.98. The normalized spacial score (nSPS) is 14.4. The molecule has 0 aliphatic carbocycles. The number of ether oxygens (including phenoxy) is 2. The van der Waals surface area contributed by atoms with E-state index in [-0.39, 0.29) is 24.3 Å². The summed E-state index contributed by atoms with van der Waals surface area (Å²) in [7, 11) is -4.11. The lowest BCUT2D eigenvalue weighted by atomic mass is 10.1. The Bertz CT molecular complexity index is 1530. The van der Waals surface area contributed by atoms with E-state index in [2.05, 4.69) is 16.0 Å². The van der Waals surface area contributed by atoms with Crippen molar-refractivity contribution in [3.63, 3.8) is 0 Å². The van der Waals surface area contributed by atoms with Crippen LogP contribution in [0.4, 0.5) is 5.69 Å². The number of carbonyl (C=O) groups excluding carboxylic acids is 1. The summed E-state index contributed by atoms with van der Waals surface area (Å²) in [5, 5.41) is 9.42. The molecule has 0 saturated carbocycles. The number of piperidine rings is 1. The van der Waals surface area contributed by atoms with Crippen molar-refractivity contribution >= 4 is 39.4 Å². The third-order valence-electron chi connectivity index (χ3n) is 6.73. The second-order valence-corrected chi connectivity index (χ2v) is 12.1. The molecule has 0 N–H and O–H groups in total. The molecule has 0 spiro atoms. The van der Waals surface area contributed by atoms with E-state index in [0.29, 0.717) is 17.0 Å². The third-order valence-corrected chi connectivity index (χ3v) is 8.65. The Morgan fingerprint density at radius 3 is 2.62 bits per heavy atom. The SMILES string of the molecule is CCOC(=O)CS(=O)(=O)N(CC=Cc1cccc(C#N)c1)c1ccc(OC2CCN(Cc3ccncc3)CC2)c(Cl)c1. The van der Waals surface area contributed by atoms with Gasteiger partial charge in [0.15, 0.2) is 5.75 Å². The highest BCUT2D eigenvalue weighted by molar-refractivity contribution is 7.93. The first-order valence-corrected chi connectivity index (χ1v) is 15.7. The molecule has 0 amide bonds. The molecule has 1 aromatic heterocycles. The van der Waals surface area contributed by atoms with E-state index in [9.17, 15) is 13.2 Å². The average molecular weight is 609 g/mol. The molecule has 2 heterocycles. The number of esters is 1. The predicted octanol–water partition coefficient (Wildman–Crippen LogP) is 5.06. The number of aromatic nitrogens is 1. The summed E-state index contributed by atoms with van der Waals surface area (Å²) in [5.74, 6) is -1.18. The molecule has 4 rings (SSSR count). The molecule has 11 heteroatoms. The van der Waals surface area contributed by atoms with Crippen LogP contribution in [0.2, 0.25) is 5.02 Å².